The highest BCUT2D eigenvalue weighted by atomic mass is 16.3. The number of aromatic amines is 2. The molecule has 9 heteroatoms. The largest absolute Gasteiger partial charge is 0.390 e. The third kappa shape index (κ3) is 5.08. The Kier molecular flexibility index (Phi) is 6.56. The Balaban J connectivity index is 2.23. The van der Waals surface area contributed by atoms with Gasteiger partial charge in [-0.15, -0.1) is 0 Å². The molecule has 0 fully saturated rings. The molecule has 2 aromatic rings. The number of aliphatic imine (C=N–C) groups is 1. The van der Waals surface area contributed by atoms with Crippen molar-refractivity contribution >= 4 is 17.4 Å². The van der Waals surface area contributed by atoms with Crippen LogP contribution >= 0.6 is 0 Å². The van der Waals surface area contributed by atoms with Crippen LogP contribution in [0.15, 0.2) is 35.9 Å². The van der Waals surface area contributed by atoms with Crippen molar-refractivity contribution in [2.24, 2.45) is 16.5 Å². The molecule has 2 heterocycles. The van der Waals surface area contributed by atoms with Gasteiger partial charge in [-0.1, -0.05) is 18.7 Å². The van der Waals surface area contributed by atoms with E-state index in [9.17, 15) is 9.90 Å². The maximum Gasteiger partial charge on any atom is 0.268 e. The SMILES string of the molecule is C=C/C=C(\C)c1ccc(C(=O)NC(CN=C(N)N)c2nc(CO)c(C)[nH]2)[nH]1. The Labute approximate surface area is 157 Å². The lowest BCUT2D eigenvalue weighted by molar-refractivity contribution is 0.0932. The van der Waals surface area contributed by atoms with Gasteiger partial charge < -0.3 is 31.9 Å². The number of nitrogens with zero attached hydrogens (tertiary/aromatic N) is 2. The molecule has 1 atom stereocenters. The van der Waals surface area contributed by atoms with Gasteiger partial charge in [0, 0.05) is 11.4 Å². The van der Waals surface area contributed by atoms with Crippen molar-refractivity contribution in [1.82, 2.24) is 20.3 Å². The molecular formula is C18H25N7O2. The maximum atomic E-state index is 12.6. The Hall–Kier alpha value is -3.33. The average molecular weight is 371 g/mol. The van der Waals surface area contributed by atoms with Crippen LogP contribution in [0.2, 0.25) is 0 Å². The Bertz CT molecular complexity index is 872. The van der Waals surface area contributed by atoms with Gasteiger partial charge >= 0.3 is 0 Å². The van der Waals surface area contributed by atoms with Crippen LogP contribution in [-0.2, 0) is 6.61 Å². The fourth-order valence-electron chi connectivity index (χ4n) is 2.50. The molecule has 0 aliphatic carbocycles. The van der Waals surface area contributed by atoms with Crippen LogP contribution < -0.4 is 16.8 Å². The molecule has 1 amide bonds. The topological polar surface area (TPSA) is 158 Å². The molecule has 0 saturated carbocycles. The minimum atomic E-state index is -0.588. The third-order valence-electron chi connectivity index (χ3n) is 3.97. The van der Waals surface area contributed by atoms with Crippen molar-refractivity contribution in [3.63, 3.8) is 0 Å². The molecule has 1 unspecified atom stereocenters. The molecule has 27 heavy (non-hydrogen) atoms. The van der Waals surface area contributed by atoms with Gasteiger partial charge in [0.15, 0.2) is 5.96 Å². The van der Waals surface area contributed by atoms with E-state index in [1.54, 1.807) is 19.1 Å². The van der Waals surface area contributed by atoms with E-state index in [4.69, 9.17) is 11.5 Å². The number of imidazole rings is 1. The second kappa shape index (κ2) is 8.86. The predicted octanol–water partition coefficient (Wildman–Crippen LogP) is 0.872. The van der Waals surface area contributed by atoms with E-state index in [1.165, 1.54) is 0 Å². The second-order valence-corrected chi connectivity index (χ2v) is 6.01. The number of hydrogen-bond acceptors (Lipinski definition) is 4. The molecule has 0 saturated heterocycles. The highest BCUT2D eigenvalue weighted by Crippen LogP contribution is 2.16. The molecular weight excluding hydrogens is 346 g/mol. The van der Waals surface area contributed by atoms with Crippen LogP contribution in [0.25, 0.3) is 5.57 Å². The summed E-state index contributed by atoms with van der Waals surface area (Å²) in [4.78, 5) is 27.0. The van der Waals surface area contributed by atoms with Crippen LogP contribution in [0.4, 0.5) is 0 Å². The Morgan fingerprint density at radius 3 is 2.70 bits per heavy atom. The maximum absolute atomic E-state index is 12.6. The molecule has 9 nitrogen and oxygen atoms in total. The Morgan fingerprint density at radius 1 is 1.41 bits per heavy atom. The van der Waals surface area contributed by atoms with Crippen LogP contribution in [0.5, 0.6) is 0 Å². The van der Waals surface area contributed by atoms with Crippen LogP contribution in [0.1, 0.15) is 46.4 Å². The number of rotatable bonds is 8. The first-order chi connectivity index (χ1) is 12.8. The van der Waals surface area contributed by atoms with Crippen molar-refractivity contribution < 1.29 is 9.90 Å². The van der Waals surface area contributed by atoms with Gasteiger partial charge in [0.05, 0.1) is 18.8 Å². The van der Waals surface area contributed by atoms with Crippen molar-refractivity contribution in [3.05, 3.63) is 59.5 Å². The van der Waals surface area contributed by atoms with Gasteiger partial charge in [-0.3, -0.25) is 9.79 Å². The number of aliphatic hydroxyl groups is 1. The first-order valence-corrected chi connectivity index (χ1v) is 8.36. The number of carbonyl (C=O) groups is 1. The minimum absolute atomic E-state index is 0.0905. The molecule has 2 aromatic heterocycles. The zero-order valence-electron chi connectivity index (χ0n) is 15.4. The highest BCUT2D eigenvalue weighted by Gasteiger charge is 2.21. The zero-order chi connectivity index (χ0) is 20.0. The summed E-state index contributed by atoms with van der Waals surface area (Å²) in [6, 6.07) is 2.92. The number of allylic oxidation sites excluding steroid dienone is 3. The van der Waals surface area contributed by atoms with Crippen molar-refractivity contribution in [2.75, 3.05) is 6.54 Å². The number of H-pyrrole nitrogens is 2. The number of hydrogen-bond donors (Lipinski definition) is 6. The van der Waals surface area contributed by atoms with E-state index in [2.05, 4.69) is 31.8 Å². The summed E-state index contributed by atoms with van der Waals surface area (Å²) in [5, 5.41) is 12.2. The van der Waals surface area contributed by atoms with E-state index in [0.29, 0.717) is 22.9 Å². The number of guanidine groups is 1. The van der Waals surface area contributed by atoms with Gasteiger partial charge in [-0.2, -0.15) is 0 Å². The molecule has 0 bridgehead atoms. The summed E-state index contributed by atoms with van der Waals surface area (Å²) in [6.45, 7) is 7.26. The van der Waals surface area contributed by atoms with Crippen LogP contribution in [-0.4, -0.2) is 38.5 Å². The summed E-state index contributed by atoms with van der Waals surface area (Å²) >= 11 is 0. The van der Waals surface area contributed by atoms with Gasteiger partial charge in [0.2, 0.25) is 0 Å². The van der Waals surface area contributed by atoms with Gasteiger partial charge in [-0.25, -0.2) is 4.98 Å². The first kappa shape index (κ1) is 20.0. The molecule has 0 aromatic carbocycles. The Morgan fingerprint density at radius 2 is 2.11 bits per heavy atom. The summed E-state index contributed by atoms with van der Waals surface area (Å²) in [6.07, 6.45) is 3.52. The van der Waals surface area contributed by atoms with Gasteiger partial charge in [0.25, 0.3) is 5.91 Å². The first-order valence-electron chi connectivity index (χ1n) is 8.36. The minimum Gasteiger partial charge on any atom is -0.390 e. The van der Waals surface area contributed by atoms with E-state index in [1.807, 2.05) is 19.1 Å². The number of carbonyl (C=O) groups excluding carboxylic acids is 1. The summed E-state index contributed by atoms with van der Waals surface area (Å²) in [7, 11) is 0. The molecule has 8 N–H and O–H groups in total. The third-order valence-corrected chi connectivity index (χ3v) is 3.97. The van der Waals surface area contributed by atoms with Crippen LogP contribution in [0, 0.1) is 6.92 Å². The average Bonchev–Trinajstić information content (AvgIpc) is 3.25. The smallest absolute Gasteiger partial charge is 0.268 e. The number of nitrogens with one attached hydrogen (secondary N) is 3. The van der Waals surface area contributed by atoms with E-state index in [0.717, 1.165) is 11.3 Å². The molecule has 0 spiro atoms. The summed E-state index contributed by atoms with van der Waals surface area (Å²) in [5.41, 5.74) is 14.2. The van der Waals surface area contributed by atoms with Crippen molar-refractivity contribution in [2.45, 2.75) is 26.5 Å². The number of aromatic nitrogens is 3. The monoisotopic (exact) mass is 371 g/mol. The lowest BCUT2D eigenvalue weighted by Gasteiger charge is -2.14. The number of nitrogens with two attached hydrogens (primary N) is 2. The predicted molar refractivity (Wildman–Crippen MR) is 105 cm³/mol. The highest BCUT2D eigenvalue weighted by molar-refractivity contribution is 5.93. The normalized spacial score (nSPS) is 12.5. The lowest BCUT2D eigenvalue weighted by Crippen LogP contribution is -2.33. The fraction of sp³-hybridized carbons (Fsp3) is 0.278. The van der Waals surface area contributed by atoms with Gasteiger partial charge in [-0.05, 0) is 31.6 Å². The standard InChI is InChI=1S/C18H25N7O2/c1-4-5-10(2)12-6-7-13(23-12)17(27)25-14(8-21-18(19)20)16-22-11(3)15(9-26)24-16/h4-7,14,23,26H,1,8-9H2,2-3H3,(H,22,24)(H,25,27)(H4,19,20,21)/b10-5+. The van der Waals surface area contributed by atoms with E-state index in [-0.39, 0.29) is 25.0 Å². The van der Waals surface area contributed by atoms with E-state index >= 15 is 0 Å². The zero-order valence-corrected chi connectivity index (χ0v) is 15.4. The molecule has 0 aliphatic rings. The summed E-state index contributed by atoms with van der Waals surface area (Å²) < 4.78 is 0. The van der Waals surface area contributed by atoms with Crippen molar-refractivity contribution in [3.8, 4) is 0 Å². The summed E-state index contributed by atoms with van der Waals surface area (Å²) in [5.74, 6) is 0.0414. The number of amides is 1. The molecule has 144 valence electrons. The second-order valence-electron chi connectivity index (χ2n) is 6.01. The fourth-order valence-corrected chi connectivity index (χ4v) is 2.50. The van der Waals surface area contributed by atoms with E-state index < -0.39 is 6.04 Å². The van der Waals surface area contributed by atoms with Crippen molar-refractivity contribution in [1.29, 1.82) is 0 Å². The number of aliphatic hydroxyl groups excluding tert-OH is 1. The molecule has 0 aliphatic heterocycles. The van der Waals surface area contributed by atoms with Gasteiger partial charge in [0.1, 0.15) is 17.6 Å². The number of aryl methyl sites for hydroxylation is 1. The quantitative estimate of drug-likeness (QED) is 0.230. The molecule has 0 radical (unpaired) electrons. The van der Waals surface area contributed by atoms with Crippen LogP contribution in [0.3, 0.4) is 0 Å². The lowest BCUT2D eigenvalue weighted by atomic mass is 10.2. The molecule has 2 rings (SSSR count).